The van der Waals surface area contributed by atoms with E-state index in [1.165, 1.54) is 0 Å². The van der Waals surface area contributed by atoms with Gasteiger partial charge in [0, 0.05) is 30.1 Å². The summed E-state index contributed by atoms with van der Waals surface area (Å²) in [6.45, 7) is 4.00. The van der Waals surface area contributed by atoms with Gasteiger partial charge in [0.15, 0.2) is 0 Å². The van der Waals surface area contributed by atoms with Crippen LogP contribution in [0.2, 0.25) is 0 Å². The van der Waals surface area contributed by atoms with Crippen molar-refractivity contribution in [3.63, 3.8) is 0 Å². The van der Waals surface area contributed by atoms with E-state index in [0.717, 1.165) is 19.3 Å². The van der Waals surface area contributed by atoms with Crippen molar-refractivity contribution in [1.29, 1.82) is 0 Å². The van der Waals surface area contributed by atoms with Gasteiger partial charge < -0.3 is 10.0 Å². The van der Waals surface area contributed by atoms with Crippen molar-refractivity contribution in [2.24, 2.45) is 0 Å². The van der Waals surface area contributed by atoms with Gasteiger partial charge in [-0.15, -0.1) is 0 Å². The number of ketones is 1. The molecule has 0 saturated carbocycles. The molecule has 0 aromatic heterocycles. The number of benzene rings is 1. The van der Waals surface area contributed by atoms with Gasteiger partial charge in [0.1, 0.15) is 11.5 Å². The predicted octanol–water partition coefficient (Wildman–Crippen LogP) is 2.67. The van der Waals surface area contributed by atoms with Crippen LogP contribution < -0.4 is 0 Å². The van der Waals surface area contributed by atoms with E-state index in [9.17, 15) is 14.7 Å². The third-order valence-electron chi connectivity index (χ3n) is 3.95. The Kier molecular flexibility index (Phi) is 4.42. The summed E-state index contributed by atoms with van der Waals surface area (Å²) >= 11 is 0. The van der Waals surface area contributed by atoms with E-state index < -0.39 is 0 Å². The Morgan fingerprint density at radius 2 is 2.10 bits per heavy atom. The van der Waals surface area contributed by atoms with Gasteiger partial charge in [-0.1, -0.05) is 6.07 Å². The van der Waals surface area contributed by atoms with E-state index in [-0.39, 0.29) is 23.5 Å². The van der Waals surface area contributed by atoms with Crippen LogP contribution >= 0.6 is 0 Å². The fourth-order valence-electron chi connectivity index (χ4n) is 2.82. The minimum absolute atomic E-state index is 0.00417. The highest BCUT2D eigenvalue weighted by atomic mass is 16.3. The Bertz CT molecular complexity index is 524. The van der Waals surface area contributed by atoms with Gasteiger partial charge in [-0.2, -0.15) is 0 Å². The molecule has 0 spiro atoms. The number of hydrogen-bond acceptors (Lipinski definition) is 3. The zero-order valence-corrected chi connectivity index (χ0v) is 12.1. The Labute approximate surface area is 119 Å². The fourth-order valence-corrected chi connectivity index (χ4v) is 2.82. The number of phenolic OH excluding ortho intramolecular Hbond substituents is 1. The number of carbonyl (C=O) groups is 2. The zero-order valence-electron chi connectivity index (χ0n) is 12.1. The van der Waals surface area contributed by atoms with Crippen LogP contribution in [0.1, 0.15) is 48.5 Å². The molecule has 4 nitrogen and oxygen atoms in total. The highest BCUT2D eigenvalue weighted by molar-refractivity contribution is 5.96. The first kappa shape index (κ1) is 14.6. The lowest BCUT2D eigenvalue weighted by Gasteiger charge is -2.35. The lowest BCUT2D eigenvalue weighted by atomic mass is 9.96. The number of phenols is 1. The number of Topliss-reactive ketones (excluding diaryl/α,β-unsaturated/α-hetero) is 1. The molecule has 1 heterocycles. The summed E-state index contributed by atoms with van der Waals surface area (Å²) in [7, 11) is 0. The maximum Gasteiger partial charge on any atom is 0.254 e. The highest BCUT2D eigenvalue weighted by Crippen LogP contribution is 2.26. The van der Waals surface area contributed by atoms with Crippen LogP contribution in [-0.2, 0) is 4.79 Å². The van der Waals surface area contributed by atoms with Crippen molar-refractivity contribution in [2.75, 3.05) is 6.54 Å². The molecule has 108 valence electrons. The molecule has 1 aliphatic heterocycles. The molecule has 1 N–H and O–H groups in total. The van der Waals surface area contributed by atoms with Crippen LogP contribution in [0.15, 0.2) is 18.2 Å². The largest absolute Gasteiger partial charge is 0.508 e. The molecule has 2 rings (SSSR count). The zero-order chi connectivity index (χ0) is 14.7. The quantitative estimate of drug-likeness (QED) is 0.922. The first-order valence-corrected chi connectivity index (χ1v) is 7.09. The Balaban J connectivity index is 2.25. The van der Waals surface area contributed by atoms with Crippen molar-refractivity contribution in [2.45, 2.75) is 45.6 Å². The topological polar surface area (TPSA) is 57.6 Å². The summed E-state index contributed by atoms with van der Waals surface area (Å²) in [5.74, 6) is 0.169. The number of nitrogens with zero attached hydrogens (tertiary/aromatic N) is 1. The Morgan fingerprint density at radius 3 is 2.80 bits per heavy atom. The van der Waals surface area contributed by atoms with Crippen LogP contribution in [0.5, 0.6) is 5.75 Å². The van der Waals surface area contributed by atoms with Gasteiger partial charge >= 0.3 is 0 Å². The fraction of sp³-hybridized carbons (Fsp3) is 0.500. The highest BCUT2D eigenvalue weighted by Gasteiger charge is 2.29. The van der Waals surface area contributed by atoms with Gasteiger partial charge in [-0.05, 0) is 45.2 Å². The van der Waals surface area contributed by atoms with Gasteiger partial charge in [0.2, 0.25) is 0 Å². The van der Waals surface area contributed by atoms with Gasteiger partial charge in [-0.25, -0.2) is 0 Å². The summed E-state index contributed by atoms with van der Waals surface area (Å²) in [6, 6.07) is 4.99. The summed E-state index contributed by atoms with van der Waals surface area (Å²) < 4.78 is 0. The lowest BCUT2D eigenvalue weighted by molar-refractivity contribution is -0.118. The third-order valence-corrected chi connectivity index (χ3v) is 3.95. The van der Waals surface area contributed by atoms with Crippen molar-refractivity contribution in [1.82, 2.24) is 4.90 Å². The minimum atomic E-state index is -0.0793. The Hall–Kier alpha value is -1.84. The van der Waals surface area contributed by atoms with Crippen molar-refractivity contribution in [3.05, 3.63) is 29.3 Å². The molecule has 1 unspecified atom stereocenters. The predicted molar refractivity (Wildman–Crippen MR) is 76.8 cm³/mol. The second-order valence-corrected chi connectivity index (χ2v) is 5.50. The summed E-state index contributed by atoms with van der Waals surface area (Å²) in [4.78, 5) is 25.8. The molecule has 0 bridgehead atoms. The monoisotopic (exact) mass is 275 g/mol. The van der Waals surface area contributed by atoms with Crippen LogP contribution in [0, 0.1) is 6.92 Å². The van der Waals surface area contributed by atoms with Crippen molar-refractivity contribution >= 4 is 11.7 Å². The van der Waals surface area contributed by atoms with Gasteiger partial charge in [0.25, 0.3) is 5.91 Å². The molecule has 0 radical (unpaired) electrons. The molecule has 1 aromatic rings. The minimum Gasteiger partial charge on any atom is -0.508 e. The number of rotatable bonds is 3. The molecule has 0 aliphatic carbocycles. The van der Waals surface area contributed by atoms with Crippen molar-refractivity contribution in [3.8, 4) is 5.75 Å². The van der Waals surface area contributed by atoms with E-state index in [1.807, 2.05) is 0 Å². The maximum atomic E-state index is 12.7. The average Bonchev–Trinajstić information content (AvgIpc) is 2.41. The van der Waals surface area contributed by atoms with Gasteiger partial charge in [0.05, 0.1) is 0 Å². The molecule has 1 aliphatic rings. The summed E-state index contributed by atoms with van der Waals surface area (Å²) in [5, 5.41) is 9.73. The second kappa shape index (κ2) is 6.07. The number of likely N-dealkylation sites (tertiary alicyclic amines) is 1. The SMILES string of the molecule is CC(=O)CC1CCCCN1C(=O)c1cccc(O)c1C. The van der Waals surface area contributed by atoms with Crippen molar-refractivity contribution < 1.29 is 14.7 Å². The number of amides is 1. The summed E-state index contributed by atoms with van der Waals surface area (Å²) in [6.07, 6.45) is 3.32. The molecule has 1 aromatic carbocycles. The number of aromatic hydroxyl groups is 1. The second-order valence-electron chi connectivity index (χ2n) is 5.50. The van der Waals surface area contributed by atoms with E-state index in [2.05, 4.69) is 0 Å². The number of hydrogen-bond donors (Lipinski definition) is 1. The van der Waals surface area contributed by atoms with Crippen LogP contribution in [0.25, 0.3) is 0 Å². The number of carbonyl (C=O) groups excluding carboxylic acids is 2. The summed E-state index contributed by atoms with van der Waals surface area (Å²) in [5.41, 5.74) is 1.13. The third kappa shape index (κ3) is 3.00. The molecule has 1 fully saturated rings. The molecular formula is C16H21NO3. The first-order chi connectivity index (χ1) is 9.50. The first-order valence-electron chi connectivity index (χ1n) is 7.09. The molecule has 4 heteroatoms. The molecular weight excluding hydrogens is 254 g/mol. The normalized spacial score (nSPS) is 18.9. The van der Waals surface area contributed by atoms with Gasteiger partial charge in [-0.3, -0.25) is 9.59 Å². The molecule has 1 saturated heterocycles. The van der Waals surface area contributed by atoms with E-state index in [0.29, 0.717) is 24.1 Å². The lowest BCUT2D eigenvalue weighted by Crippen LogP contribution is -2.44. The molecule has 1 amide bonds. The maximum absolute atomic E-state index is 12.7. The van der Waals surface area contributed by atoms with Crippen LogP contribution in [-0.4, -0.2) is 34.3 Å². The standard InChI is InChI=1S/C16H21NO3/c1-11(18)10-13-6-3-4-9-17(13)16(20)14-7-5-8-15(19)12(14)2/h5,7-8,13,19H,3-4,6,9-10H2,1-2H3. The Morgan fingerprint density at radius 1 is 1.35 bits per heavy atom. The van der Waals surface area contributed by atoms with E-state index in [4.69, 9.17) is 0 Å². The van der Waals surface area contributed by atoms with Crippen LogP contribution in [0.4, 0.5) is 0 Å². The smallest absolute Gasteiger partial charge is 0.254 e. The number of piperidine rings is 1. The van der Waals surface area contributed by atoms with E-state index in [1.54, 1.807) is 36.9 Å². The molecule has 1 atom stereocenters. The van der Waals surface area contributed by atoms with E-state index >= 15 is 0 Å². The van der Waals surface area contributed by atoms with Crippen LogP contribution in [0.3, 0.4) is 0 Å². The average molecular weight is 275 g/mol. The molecule has 20 heavy (non-hydrogen) atoms.